The van der Waals surface area contributed by atoms with Gasteiger partial charge in [0.25, 0.3) is 0 Å². The Morgan fingerprint density at radius 1 is 1.30 bits per heavy atom. The molecule has 1 aromatic carbocycles. The van der Waals surface area contributed by atoms with Crippen molar-refractivity contribution < 1.29 is 9.59 Å². The van der Waals surface area contributed by atoms with E-state index in [4.69, 9.17) is 28.9 Å². The van der Waals surface area contributed by atoms with Crippen LogP contribution in [0.5, 0.6) is 0 Å². The van der Waals surface area contributed by atoms with Crippen molar-refractivity contribution in [2.24, 2.45) is 11.7 Å². The molecule has 0 aromatic heterocycles. The largest absolute Gasteiger partial charge is 0.369 e. The Bertz CT molecular complexity index is 572. The lowest BCUT2D eigenvalue weighted by Gasteiger charge is -2.13. The van der Waals surface area contributed by atoms with Gasteiger partial charge in [-0.3, -0.25) is 9.59 Å². The van der Waals surface area contributed by atoms with Crippen molar-refractivity contribution in [3.8, 4) is 0 Å². The number of nitrogens with two attached hydrogens (primary N) is 1. The summed E-state index contributed by atoms with van der Waals surface area (Å²) in [4.78, 5) is 24.6. The van der Waals surface area contributed by atoms with Gasteiger partial charge in [-0.1, -0.05) is 29.3 Å². The van der Waals surface area contributed by atoms with Crippen molar-refractivity contribution in [1.29, 1.82) is 0 Å². The molecule has 1 aliphatic heterocycles. The molecule has 1 aliphatic rings. The van der Waals surface area contributed by atoms with E-state index in [1.807, 2.05) is 0 Å². The summed E-state index contributed by atoms with van der Waals surface area (Å²) in [5.74, 6) is -0.731. The van der Waals surface area contributed by atoms with E-state index in [1.54, 1.807) is 29.2 Å². The summed E-state index contributed by atoms with van der Waals surface area (Å²) in [6, 6.07) is 5.13. The van der Waals surface area contributed by atoms with Gasteiger partial charge < -0.3 is 10.6 Å². The first-order valence-electron chi connectivity index (χ1n) is 6.18. The maximum atomic E-state index is 12.0. The Morgan fingerprint density at radius 3 is 2.65 bits per heavy atom. The van der Waals surface area contributed by atoms with Crippen molar-refractivity contribution in [2.75, 3.05) is 13.1 Å². The molecule has 0 radical (unpaired) electrons. The minimum atomic E-state index is -0.353. The van der Waals surface area contributed by atoms with E-state index in [0.717, 1.165) is 5.56 Å². The van der Waals surface area contributed by atoms with Crippen LogP contribution in [0.4, 0.5) is 0 Å². The quantitative estimate of drug-likeness (QED) is 0.871. The Hall–Kier alpha value is -1.52. The molecule has 1 fully saturated rings. The highest BCUT2D eigenvalue weighted by Crippen LogP contribution is 2.23. The standard InChI is InChI=1S/C14H14Cl2N2O2/c15-11-3-1-9(7-12(11)16)2-4-13(19)18-6-5-10(8-18)14(17)20/h1-4,7,10H,5-6,8H2,(H2,17,20)/b4-2-/t10-/m0/s1. The van der Waals surface area contributed by atoms with Crippen molar-refractivity contribution in [3.05, 3.63) is 39.9 Å². The minimum absolute atomic E-state index is 0.139. The Morgan fingerprint density at radius 2 is 2.05 bits per heavy atom. The molecule has 0 spiro atoms. The molecule has 0 bridgehead atoms. The number of primary amides is 1. The topological polar surface area (TPSA) is 63.4 Å². The predicted molar refractivity (Wildman–Crippen MR) is 79.4 cm³/mol. The van der Waals surface area contributed by atoms with Crippen LogP contribution in [-0.4, -0.2) is 29.8 Å². The summed E-state index contributed by atoms with van der Waals surface area (Å²) in [5, 5.41) is 0.912. The molecule has 4 nitrogen and oxygen atoms in total. The zero-order valence-electron chi connectivity index (χ0n) is 10.7. The second-order valence-corrected chi connectivity index (χ2v) is 5.49. The number of carbonyl (C=O) groups is 2. The zero-order chi connectivity index (χ0) is 14.7. The lowest BCUT2D eigenvalue weighted by Crippen LogP contribution is -2.30. The summed E-state index contributed by atoms with van der Waals surface area (Å²) < 4.78 is 0. The van der Waals surface area contributed by atoms with Gasteiger partial charge >= 0.3 is 0 Å². The number of nitrogens with zero attached hydrogens (tertiary/aromatic N) is 1. The maximum absolute atomic E-state index is 12.0. The van der Waals surface area contributed by atoms with Gasteiger partial charge in [-0.25, -0.2) is 0 Å². The Kier molecular flexibility index (Phi) is 4.68. The van der Waals surface area contributed by atoms with Gasteiger partial charge in [0, 0.05) is 19.2 Å². The number of carbonyl (C=O) groups excluding carboxylic acids is 2. The van der Waals surface area contributed by atoms with E-state index in [0.29, 0.717) is 29.6 Å². The van der Waals surface area contributed by atoms with Gasteiger partial charge in [-0.15, -0.1) is 0 Å². The molecular formula is C14H14Cl2N2O2. The van der Waals surface area contributed by atoms with Crippen LogP contribution in [0.25, 0.3) is 6.08 Å². The predicted octanol–water partition coefficient (Wildman–Crippen LogP) is 2.34. The highest BCUT2D eigenvalue weighted by atomic mass is 35.5. The highest BCUT2D eigenvalue weighted by molar-refractivity contribution is 6.42. The van der Waals surface area contributed by atoms with E-state index < -0.39 is 0 Å². The molecule has 0 saturated carbocycles. The van der Waals surface area contributed by atoms with Crippen LogP contribution in [0.1, 0.15) is 12.0 Å². The van der Waals surface area contributed by atoms with Gasteiger partial charge in [0.1, 0.15) is 0 Å². The van der Waals surface area contributed by atoms with Crippen LogP contribution in [0.15, 0.2) is 24.3 Å². The van der Waals surface area contributed by atoms with Crippen LogP contribution >= 0.6 is 23.2 Å². The molecule has 2 rings (SSSR count). The number of benzene rings is 1. The maximum Gasteiger partial charge on any atom is 0.246 e. The third-order valence-corrected chi connectivity index (χ3v) is 4.00. The summed E-state index contributed by atoms with van der Waals surface area (Å²) in [6.07, 6.45) is 3.76. The second kappa shape index (κ2) is 6.29. The van der Waals surface area contributed by atoms with E-state index in [-0.39, 0.29) is 17.7 Å². The van der Waals surface area contributed by atoms with E-state index in [1.165, 1.54) is 6.08 Å². The fraction of sp³-hybridized carbons (Fsp3) is 0.286. The molecule has 2 N–H and O–H groups in total. The first-order valence-corrected chi connectivity index (χ1v) is 6.94. The van der Waals surface area contributed by atoms with Crippen LogP contribution in [0.2, 0.25) is 10.0 Å². The molecule has 1 heterocycles. The first-order chi connectivity index (χ1) is 9.47. The van der Waals surface area contributed by atoms with Gasteiger partial charge in [-0.05, 0) is 30.2 Å². The minimum Gasteiger partial charge on any atom is -0.369 e. The number of amides is 2. The molecule has 0 aliphatic carbocycles. The molecular weight excluding hydrogens is 299 g/mol. The number of halogens is 2. The van der Waals surface area contributed by atoms with Crippen LogP contribution in [-0.2, 0) is 9.59 Å². The first kappa shape index (κ1) is 14.9. The van der Waals surface area contributed by atoms with Crippen molar-refractivity contribution >= 4 is 41.1 Å². The molecule has 2 amide bonds. The number of likely N-dealkylation sites (tertiary alicyclic amines) is 1. The number of rotatable bonds is 3. The summed E-state index contributed by atoms with van der Waals surface area (Å²) in [6.45, 7) is 0.942. The lowest BCUT2D eigenvalue weighted by molar-refractivity contribution is -0.125. The Labute approximate surface area is 127 Å². The average molecular weight is 313 g/mol. The smallest absolute Gasteiger partial charge is 0.246 e. The molecule has 20 heavy (non-hydrogen) atoms. The van der Waals surface area contributed by atoms with E-state index in [2.05, 4.69) is 0 Å². The van der Waals surface area contributed by atoms with Crippen LogP contribution in [0, 0.1) is 5.92 Å². The Balaban J connectivity index is 1.99. The lowest BCUT2D eigenvalue weighted by atomic mass is 10.1. The van der Waals surface area contributed by atoms with Crippen molar-refractivity contribution in [2.45, 2.75) is 6.42 Å². The van der Waals surface area contributed by atoms with Gasteiger partial charge in [0.05, 0.1) is 16.0 Å². The zero-order valence-corrected chi connectivity index (χ0v) is 12.2. The van der Waals surface area contributed by atoms with Crippen LogP contribution < -0.4 is 5.73 Å². The molecule has 1 saturated heterocycles. The van der Waals surface area contributed by atoms with E-state index >= 15 is 0 Å². The monoisotopic (exact) mass is 312 g/mol. The number of hydrogen-bond donors (Lipinski definition) is 1. The average Bonchev–Trinajstić information content (AvgIpc) is 2.89. The SMILES string of the molecule is NC(=O)[C@H]1CCN(C(=O)/C=C\c2ccc(Cl)c(Cl)c2)C1. The summed E-state index contributed by atoms with van der Waals surface area (Å²) >= 11 is 11.7. The molecule has 106 valence electrons. The second-order valence-electron chi connectivity index (χ2n) is 4.68. The molecule has 6 heteroatoms. The molecule has 1 atom stereocenters. The fourth-order valence-corrected chi connectivity index (χ4v) is 2.39. The molecule has 1 aromatic rings. The van der Waals surface area contributed by atoms with Gasteiger partial charge in [-0.2, -0.15) is 0 Å². The van der Waals surface area contributed by atoms with E-state index in [9.17, 15) is 9.59 Å². The third-order valence-electron chi connectivity index (χ3n) is 3.26. The summed E-state index contributed by atoms with van der Waals surface area (Å²) in [5.41, 5.74) is 6.02. The summed E-state index contributed by atoms with van der Waals surface area (Å²) in [7, 11) is 0. The van der Waals surface area contributed by atoms with Crippen molar-refractivity contribution in [1.82, 2.24) is 4.90 Å². The number of hydrogen-bond acceptors (Lipinski definition) is 2. The van der Waals surface area contributed by atoms with Crippen LogP contribution in [0.3, 0.4) is 0 Å². The fourth-order valence-electron chi connectivity index (χ4n) is 2.08. The third kappa shape index (κ3) is 3.52. The highest BCUT2D eigenvalue weighted by Gasteiger charge is 2.28. The normalized spacial score (nSPS) is 18.7. The van der Waals surface area contributed by atoms with Crippen molar-refractivity contribution in [3.63, 3.8) is 0 Å². The van der Waals surface area contributed by atoms with Gasteiger partial charge in [0.15, 0.2) is 0 Å². The van der Waals surface area contributed by atoms with Gasteiger partial charge in [0.2, 0.25) is 11.8 Å². The molecule has 0 unspecified atom stereocenters.